The van der Waals surface area contributed by atoms with Crippen molar-refractivity contribution in [2.24, 2.45) is 0 Å². The minimum absolute atomic E-state index is 0.716. The van der Waals surface area contributed by atoms with E-state index in [0.717, 1.165) is 10.6 Å². The van der Waals surface area contributed by atoms with Crippen LogP contribution in [0.2, 0.25) is 0 Å². The highest BCUT2D eigenvalue weighted by Gasteiger charge is 2.00. The van der Waals surface area contributed by atoms with Crippen molar-refractivity contribution in [3.05, 3.63) is 54.6 Å². The summed E-state index contributed by atoms with van der Waals surface area (Å²) in [4.78, 5) is 0.899. The monoisotopic (exact) mass is 229 g/mol. The highest BCUT2D eigenvalue weighted by molar-refractivity contribution is 7.80. The molecule has 0 bridgehead atoms. The summed E-state index contributed by atoms with van der Waals surface area (Å²) in [5.41, 5.74) is 0. The Bertz CT molecular complexity index is 431. The summed E-state index contributed by atoms with van der Waals surface area (Å²) in [6, 6.07) is 16.8. The molecule has 2 rings (SSSR count). The van der Waals surface area contributed by atoms with Crippen LogP contribution in [0.15, 0.2) is 59.5 Å². The van der Waals surface area contributed by atoms with Gasteiger partial charge in [0.15, 0.2) is 0 Å². The van der Waals surface area contributed by atoms with E-state index in [0.29, 0.717) is 5.75 Å². The number of rotatable bonds is 4. The molecule has 0 amide bonds. The fourth-order valence-corrected chi connectivity index (χ4v) is 1.31. The van der Waals surface area contributed by atoms with Crippen LogP contribution in [0, 0.1) is 0 Å². The van der Waals surface area contributed by atoms with Gasteiger partial charge >= 0.3 is 7.69 Å². The van der Waals surface area contributed by atoms with Gasteiger partial charge in [-0.05, 0) is 36.4 Å². The van der Waals surface area contributed by atoms with E-state index in [9.17, 15) is 0 Å². The van der Waals surface area contributed by atoms with E-state index >= 15 is 0 Å². The zero-order valence-corrected chi connectivity index (χ0v) is 9.43. The molecule has 79 valence electrons. The third kappa shape index (κ3) is 3.24. The minimum atomic E-state index is 0.716. The molecule has 0 N–H and O–H groups in total. The molecule has 0 atom stereocenters. The Labute approximate surface area is 101 Å². The Morgan fingerprint density at radius 3 is 1.94 bits per heavy atom. The molecule has 16 heavy (non-hydrogen) atoms. The van der Waals surface area contributed by atoms with Gasteiger partial charge in [-0.15, -0.1) is 12.6 Å². The first-order chi connectivity index (χ1) is 7.84. The first kappa shape index (κ1) is 11.0. The molecular formula is C12H10BO2S. The van der Waals surface area contributed by atoms with E-state index in [2.05, 4.69) is 12.6 Å². The molecule has 0 aliphatic heterocycles. The molecular weight excluding hydrogens is 219 g/mol. The highest BCUT2D eigenvalue weighted by Crippen LogP contribution is 2.14. The normalized spacial score (nSPS) is 9.56. The Balaban J connectivity index is 1.82. The van der Waals surface area contributed by atoms with Crippen LogP contribution in [0.1, 0.15) is 0 Å². The molecule has 4 heteroatoms. The van der Waals surface area contributed by atoms with E-state index in [1.54, 1.807) is 0 Å². The van der Waals surface area contributed by atoms with Crippen LogP contribution >= 0.6 is 12.6 Å². The maximum absolute atomic E-state index is 5.28. The van der Waals surface area contributed by atoms with Gasteiger partial charge < -0.3 is 9.31 Å². The average molecular weight is 229 g/mol. The van der Waals surface area contributed by atoms with E-state index in [-0.39, 0.29) is 0 Å². The second-order valence-electron chi connectivity index (χ2n) is 3.14. The van der Waals surface area contributed by atoms with Gasteiger partial charge in [0, 0.05) is 4.90 Å². The van der Waals surface area contributed by atoms with Crippen LogP contribution in [-0.2, 0) is 0 Å². The first-order valence-corrected chi connectivity index (χ1v) is 5.28. The number of hydrogen-bond donors (Lipinski definition) is 1. The number of hydrogen-bond acceptors (Lipinski definition) is 3. The Hall–Kier alpha value is -1.55. The lowest BCUT2D eigenvalue weighted by Gasteiger charge is -2.05. The van der Waals surface area contributed by atoms with Crippen LogP contribution in [0.4, 0.5) is 0 Å². The topological polar surface area (TPSA) is 18.5 Å². The minimum Gasteiger partial charge on any atom is -0.526 e. The molecule has 0 saturated carbocycles. The predicted octanol–water partition coefficient (Wildman–Crippen LogP) is 2.97. The lowest BCUT2D eigenvalue weighted by atomic mass is 10.3. The molecule has 0 heterocycles. The quantitative estimate of drug-likeness (QED) is 0.641. The van der Waals surface area contributed by atoms with E-state index in [4.69, 9.17) is 9.31 Å². The first-order valence-electron chi connectivity index (χ1n) is 4.84. The molecule has 0 spiro atoms. The van der Waals surface area contributed by atoms with Crippen molar-refractivity contribution in [3.63, 3.8) is 0 Å². The summed E-state index contributed by atoms with van der Waals surface area (Å²) in [6.07, 6.45) is 0. The summed E-state index contributed by atoms with van der Waals surface area (Å²) in [7, 11) is 1.31. The predicted molar refractivity (Wildman–Crippen MR) is 67.1 cm³/mol. The molecule has 0 unspecified atom stereocenters. The van der Waals surface area contributed by atoms with Gasteiger partial charge in [0.25, 0.3) is 0 Å². The van der Waals surface area contributed by atoms with Crippen molar-refractivity contribution >= 4 is 20.3 Å². The molecule has 0 aromatic heterocycles. The number of benzene rings is 2. The number of para-hydroxylation sites is 1. The van der Waals surface area contributed by atoms with Crippen molar-refractivity contribution < 1.29 is 9.31 Å². The molecule has 0 aliphatic rings. The van der Waals surface area contributed by atoms with E-state index in [1.807, 2.05) is 54.6 Å². The van der Waals surface area contributed by atoms with Gasteiger partial charge in [0.1, 0.15) is 11.5 Å². The van der Waals surface area contributed by atoms with Crippen LogP contribution in [0.5, 0.6) is 11.5 Å². The van der Waals surface area contributed by atoms with Gasteiger partial charge in [-0.1, -0.05) is 18.2 Å². The number of thiol groups is 1. The van der Waals surface area contributed by atoms with Gasteiger partial charge in [-0.3, -0.25) is 0 Å². The van der Waals surface area contributed by atoms with Crippen molar-refractivity contribution in [1.29, 1.82) is 0 Å². The maximum atomic E-state index is 5.28. The van der Waals surface area contributed by atoms with E-state index in [1.165, 1.54) is 7.69 Å². The zero-order chi connectivity index (χ0) is 11.2. The smallest absolute Gasteiger partial charge is 0.526 e. The fourth-order valence-electron chi connectivity index (χ4n) is 1.16. The third-order valence-corrected chi connectivity index (χ3v) is 2.25. The summed E-state index contributed by atoms with van der Waals surface area (Å²) in [5.74, 6) is 1.46. The molecule has 2 aromatic rings. The molecule has 0 saturated heterocycles. The SMILES string of the molecule is Sc1ccc(O[B]Oc2ccccc2)cc1. The van der Waals surface area contributed by atoms with Crippen LogP contribution < -0.4 is 9.31 Å². The molecule has 0 fully saturated rings. The average Bonchev–Trinajstić information content (AvgIpc) is 2.33. The third-order valence-electron chi connectivity index (χ3n) is 1.95. The van der Waals surface area contributed by atoms with Crippen LogP contribution in [0.25, 0.3) is 0 Å². The zero-order valence-electron chi connectivity index (χ0n) is 8.54. The summed E-state index contributed by atoms with van der Waals surface area (Å²) in [5, 5.41) is 0. The lowest BCUT2D eigenvalue weighted by molar-refractivity contribution is 0.459. The fraction of sp³-hybridized carbons (Fsp3) is 0. The molecule has 2 nitrogen and oxygen atoms in total. The maximum Gasteiger partial charge on any atom is 0.658 e. The largest absolute Gasteiger partial charge is 0.658 e. The highest BCUT2D eigenvalue weighted by atomic mass is 32.1. The van der Waals surface area contributed by atoms with Crippen LogP contribution in [-0.4, -0.2) is 7.69 Å². The van der Waals surface area contributed by atoms with E-state index < -0.39 is 0 Å². The molecule has 0 aliphatic carbocycles. The van der Waals surface area contributed by atoms with Crippen molar-refractivity contribution in [2.45, 2.75) is 4.90 Å². The molecule has 1 radical (unpaired) electrons. The van der Waals surface area contributed by atoms with Gasteiger partial charge in [0.2, 0.25) is 0 Å². The molecule has 2 aromatic carbocycles. The summed E-state index contributed by atoms with van der Waals surface area (Å²) < 4.78 is 10.6. The van der Waals surface area contributed by atoms with Crippen molar-refractivity contribution in [3.8, 4) is 11.5 Å². The summed E-state index contributed by atoms with van der Waals surface area (Å²) in [6.45, 7) is 0. The van der Waals surface area contributed by atoms with Crippen molar-refractivity contribution in [2.75, 3.05) is 0 Å². The second kappa shape index (κ2) is 5.51. The van der Waals surface area contributed by atoms with Gasteiger partial charge in [-0.2, -0.15) is 0 Å². The Morgan fingerprint density at radius 2 is 1.31 bits per heavy atom. The van der Waals surface area contributed by atoms with Gasteiger partial charge in [-0.25, -0.2) is 0 Å². The van der Waals surface area contributed by atoms with Gasteiger partial charge in [0.05, 0.1) is 0 Å². The van der Waals surface area contributed by atoms with Crippen molar-refractivity contribution in [1.82, 2.24) is 0 Å². The Kier molecular flexibility index (Phi) is 3.78. The second-order valence-corrected chi connectivity index (χ2v) is 3.66. The lowest BCUT2D eigenvalue weighted by Crippen LogP contribution is -2.10. The van der Waals surface area contributed by atoms with Crippen LogP contribution in [0.3, 0.4) is 0 Å². The standard InChI is InChI=1S/C12H10BO2S/c16-12-8-6-11(7-9-12)15-13-14-10-4-2-1-3-5-10/h1-9,16H. The Morgan fingerprint density at radius 1 is 0.750 bits per heavy atom. The summed E-state index contributed by atoms with van der Waals surface area (Å²) >= 11 is 4.18.